The standard InChI is InChI=1S/C27H30O13/c1-36-11-5-3-10(4-6-11)15-7-12(28)16-21(33)17(26-22(34)19(31)13(29)8-38-26)24(37-2)18(25(16)40-15)27-23(35)20(32)14(30)9-39-27/h3-7,13-14,19-20,22-23,26-27,29-35H,8-9H2,1-2H3/t13-,14-,19+,20-,22+,23-,26+,27+/m1/s1. The summed E-state index contributed by atoms with van der Waals surface area (Å²) < 4.78 is 28.1. The lowest BCUT2D eigenvalue weighted by molar-refractivity contribution is -0.191. The average Bonchev–Trinajstić information content (AvgIpc) is 2.95. The molecule has 0 unspecified atom stereocenters. The van der Waals surface area contributed by atoms with Gasteiger partial charge in [-0.3, -0.25) is 4.79 Å². The van der Waals surface area contributed by atoms with Gasteiger partial charge < -0.3 is 59.1 Å². The number of hydrogen-bond donors (Lipinski definition) is 7. The highest BCUT2D eigenvalue weighted by atomic mass is 16.5. The van der Waals surface area contributed by atoms with Gasteiger partial charge in [-0.05, 0) is 24.3 Å². The van der Waals surface area contributed by atoms with E-state index in [1.165, 1.54) is 14.2 Å². The van der Waals surface area contributed by atoms with Crippen LogP contribution in [0.1, 0.15) is 23.3 Å². The van der Waals surface area contributed by atoms with E-state index >= 15 is 0 Å². The van der Waals surface area contributed by atoms with E-state index in [1.807, 2.05) is 0 Å². The minimum absolute atomic E-state index is 0.0778. The van der Waals surface area contributed by atoms with Gasteiger partial charge >= 0.3 is 0 Å². The number of aliphatic hydroxyl groups is 6. The van der Waals surface area contributed by atoms with E-state index in [0.717, 1.165) is 6.07 Å². The number of phenols is 1. The van der Waals surface area contributed by atoms with E-state index < -0.39 is 73.2 Å². The van der Waals surface area contributed by atoms with Crippen LogP contribution in [0, 0.1) is 0 Å². The van der Waals surface area contributed by atoms with Crippen LogP contribution in [0.4, 0.5) is 0 Å². The van der Waals surface area contributed by atoms with Crippen molar-refractivity contribution in [3.63, 3.8) is 0 Å². The Bertz CT molecular complexity index is 1440. The van der Waals surface area contributed by atoms with Crippen LogP contribution in [0.3, 0.4) is 0 Å². The van der Waals surface area contributed by atoms with Crippen LogP contribution >= 0.6 is 0 Å². The number of phenolic OH excluding ortho intramolecular Hbond substituents is 1. The predicted molar refractivity (Wildman–Crippen MR) is 136 cm³/mol. The first-order chi connectivity index (χ1) is 19.1. The van der Waals surface area contributed by atoms with Gasteiger partial charge in [0.25, 0.3) is 0 Å². The Morgan fingerprint density at radius 1 is 0.775 bits per heavy atom. The SMILES string of the molecule is COc1ccc(-c2cc(=O)c3c(O)c([C@@H]4OC[C@@H](O)[C@H](O)[C@@H]4O)c(OC)c([C@@H]4OC[C@@H](O)[C@@H](O)[C@H]4O)c3o2)cc1. The van der Waals surface area contributed by atoms with Gasteiger partial charge in [-0.25, -0.2) is 0 Å². The minimum atomic E-state index is -1.76. The zero-order chi connectivity index (χ0) is 28.9. The fraction of sp³-hybridized carbons (Fsp3) is 0.444. The molecule has 8 atom stereocenters. The molecule has 7 N–H and O–H groups in total. The third-order valence-electron chi connectivity index (χ3n) is 7.32. The number of ether oxygens (including phenoxy) is 4. The van der Waals surface area contributed by atoms with E-state index in [4.69, 9.17) is 23.4 Å². The van der Waals surface area contributed by atoms with Crippen molar-refractivity contribution >= 4 is 11.0 Å². The van der Waals surface area contributed by atoms with Crippen molar-refractivity contribution in [3.05, 3.63) is 51.7 Å². The van der Waals surface area contributed by atoms with Crippen LogP contribution in [-0.2, 0) is 9.47 Å². The van der Waals surface area contributed by atoms with Crippen molar-refractivity contribution in [2.24, 2.45) is 0 Å². The monoisotopic (exact) mass is 562 g/mol. The molecule has 2 aliphatic heterocycles. The first-order valence-corrected chi connectivity index (χ1v) is 12.5. The first-order valence-electron chi connectivity index (χ1n) is 12.5. The van der Waals surface area contributed by atoms with Gasteiger partial charge in [0.15, 0.2) is 11.0 Å². The summed E-state index contributed by atoms with van der Waals surface area (Å²) in [7, 11) is 2.71. The molecule has 5 rings (SSSR count). The lowest BCUT2D eigenvalue weighted by Gasteiger charge is -2.38. The van der Waals surface area contributed by atoms with E-state index in [2.05, 4.69) is 0 Å². The number of benzene rings is 2. The van der Waals surface area contributed by atoms with Gasteiger partial charge in [-0.2, -0.15) is 0 Å². The van der Waals surface area contributed by atoms with Gasteiger partial charge in [0.1, 0.15) is 77.2 Å². The maximum Gasteiger partial charge on any atom is 0.197 e. The number of fused-ring (bicyclic) bond motifs is 1. The molecule has 2 aliphatic rings. The molecule has 0 spiro atoms. The molecule has 0 radical (unpaired) electrons. The number of hydrogen-bond acceptors (Lipinski definition) is 13. The van der Waals surface area contributed by atoms with Crippen LogP contribution in [0.15, 0.2) is 39.5 Å². The van der Waals surface area contributed by atoms with Crippen LogP contribution in [-0.4, -0.2) is 99.8 Å². The summed E-state index contributed by atoms with van der Waals surface area (Å²) in [5.74, 6) is -0.292. The molecule has 216 valence electrons. The summed E-state index contributed by atoms with van der Waals surface area (Å²) >= 11 is 0. The van der Waals surface area contributed by atoms with Crippen molar-refractivity contribution in [3.8, 4) is 28.6 Å². The largest absolute Gasteiger partial charge is 0.506 e. The molecule has 3 heterocycles. The van der Waals surface area contributed by atoms with Crippen molar-refractivity contribution < 1.29 is 59.1 Å². The molecule has 2 fully saturated rings. The smallest absolute Gasteiger partial charge is 0.197 e. The Kier molecular flexibility index (Phi) is 7.74. The third-order valence-corrected chi connectivity index (χ3v) is 7.32. The second-order valence-corrected chi connectivity index (χ2v) is 9.72. The molecule has 0 aliphatic carbocycles. The molecule has 0 bridgehead atoms. The van der Waals surface area contributed by atoms with Crippen LogP contribution < -0.4 is 14.9 Å². The Labute approximate surface area is 227 Å². The highest BCUT2D eigenvalue weighted by Crippen LogP contribution is 2.50. The summed E-state index contributed by atoms with van der Waals surface area (Å²) in [6.07, 6.45) is -12.6. The quantitative estimate of drug-likeness (QED) is 0.209. The highest BCUT2D eigenvalue weighted by Gasteiger charge is 2.46. The van der Waals surface area contributed by atoms with E-state index in [0.29, 0.717) is 11.3 Å². The van der Waals surface area contributed by atoms with Crippen molar-refractivity contribution in [2.45, 2.75) is 48.8 Å². The summed E-state index contributed by atoms with van der Waals surface area (Å²) in [6, 6.07) is 7.71. The van der Waals surface area contributed by atoms with Gasteiger partial charge in [-0.15, -0.1) is 0 Å². The average molecular weight is 563 g/mol. The second kappa shape index (κ2) is 11.0. The summed E-state index contributed by atoms with van der Waals surface area (Å²) in [5.41, 5.74) is -0.893. The fourth-order valence-corrected chi connectivity index (χ4v) is 5.16. The molecular formula is C27H30O13. The molecule has 40 heavy (non-hydrogen) atoms. The lowest BCUT2D eigenvalue weighted by Crippen LogP contribution is -2.49. The van der Waals surface area contributed by atoms with Crippen molar-refractivity contribution in [2.75, 3.05) is 27.4 Å². The summed E-state index contributed by atoms with van der Waals surface area (Å²) in [5, 5.41) is 73.4. The number of methoxy groups -OCH3 is 2. The van der Waals surface area contributed by atoms with Crippen LogP contribution in [0.25, 0.3) is 22.3 Å². The fourth-order valence-electron chi connectivity index (χ4n) is 5.16. The van der Waals surface area contributed by atoms with E-state index in [1.54, 1.807) is 24.3 Å². The molecule has 13 nitrogen and oxygen atoms in total. The van der Waals surface area contributed by atoms with Gasteiger partial charge in [-0.1, -0.05) is 0 Å². The molecule has 0 amide bonds. The van der Waals surface area contributed by atoms with Crippen molar-refractivity contribution in [1.82, 2.24) is 0 Å². The summed E-state index contributed by atoms with van der Waals surface area (Å²) in [4.78, 5) is 13.5. The molecular weight excluding hydrogens is 532 g/mol. The zero-order valence-corrected chi connectivity index (χ0v) is 21.5. The van der Waals surface area contributed by atoms with E-state index in [-0.39, 0.29) is 33.6 Å². The molecule has 13 heteroatoms. The van der Waals surface area contributed by atoms with Crippen LogP contribution in [0.2, 0.25) is 0 Å². The predicted octanol–water partition coefficient (Wildman–Crippen LogP) is -0.509. The molecule has 2 aromatic carbocycles. The normalized spacial score (nSPS) is 30.8. The Hall–Kier alpha value is -3.27. The lowest BCUT2D eigenvalue weighted by atomic mass is 9.86. The van der Waals surface area contributed by atoms with Gasteiger partial charge in [0.2, 0.25) is 0 Å². The van der Waals surface area contributed by atoms with Gasteiger partial charge in [0.05, 0.1) is 38.6 Å². The maximum atomic E-state index is 13.5. The van der Waals surface area contributed by atoms with E-state index in [9.17, 15) is 40.5 Å². The number of rotatable bonds is 5. The molecule has 2 saturated heterocycles. The molecule has 3 aromatic rings. The minimum Gasteiger partial charge on any atom is -0.506 e. The van der Waals surface area contributed by atoms with Crippen molar-refractivity contribution in [1.29, 1.82) is 0 Å². The first kappa shape index (κ1) is 28.3. The third kappa shape index (κ3) is 4.60. The van der Waals surface area contributed by atoms with Crippen LogP contribution in [0.5, 0.6) is 17.2 Å². The maximum absolute atomic E-state index is 13.5. The topological polar surface area (TPSA) is 209 Å². The molecule has 0 saturated carbocycles. The Morgan fingerprint density at radius 3 is 1.85 bits per heavy atom. The van der Waals surface area contributed by atoms with Gasteiger partial charge in [0, 0.05) is 11.6 Å². The zero-order valence-electron chi connectivity index (χ0n) is 21.5. The second-order valence-electron chi connectivity index (χ2n) is 9.72. The number of aromatic hydroxyl groups is 1. The highest BCUT2D eigenvalue weighted by molar-refractivity contribution is 5.92. The number of aliphatic hydroxyl groups excluding tert-OH is 6. The molecule has 1 aromatic heterocycles. The Morgan fingerprint density at radius 2 is 1.32 bits per heavy atom. The summed E-state index contributed by atoms with van der Waals surface area (Å²) in [6.45, 7) is -0.822. The Balaban J connectivity index is 1.81.